The van der Waals surface area contributed by atoms with Gasteiger partial charge in [-0.05, 0) is 89.6 Å². The summed E-state index contributed by atoms with van der Waals surface area (Å²) in [7, 11) is -2.39. The molecule has 0 aliphatic carbocycles. The molecule has 0 spiro atoms. The van der Waals surface area contributed by atoms with Crippen LogP contribution in [0.2, 0.25) is 0 Å². The molecule has 0 bridgehead atoms. The number of aliphatic hydroxyl groups is 9. The van der Waals surface area contributed by atoms with Gasteiger partial charge < -0.3 is 113 Å². The minimum atomic E-state index is -5.18. The SMILES string of the molecule is COc1ccc2c(S(=O)(=O)Oc3cc(C(=O)N(C)CCOCCN=[N+]=[N-])ccc3OC3O[C@H](C(=O)O)[C@@H](O)[C@H](O)[C@H]3O)cc3c(c2c1)[C@H](CCl)CN3C(=O)c1cc2cc(/C(C)=N/O[C@@H]3O[C@H](COC4OC(C(=O)O)[C@@H](O)[C@H](O)[C@H]4O)[C@H](O)C(O)[C@H]3O)ccc2[nH]1. The number of azide groups is 1. The second-order valence-corrected chi connectivity index (χ2v) is 23.0. The number of ether oxygens (including phenoxy) is 7. The van der Waals surface area contributed by atoms with Gasteiger partial charge in [-0.2, -0.15) is 8.42 Å². The van der Waals surface area contributed by atoms with Crippen molar-refractivity contribution < 1.29 is 126 Å². The first-order chi connectivity index (χ1) is 42.8. The maximum atomic E-state index is 15.1. The van der Waals surface area contributed by atoms with Crippen LogP contribution in [-0.2, 0) is 48.2 Å². The van der Waals surface area contributed by atoms with Crippen LogP contribution in [0.15, 0.2) is 81.9 Å². The van der Waals surface area contributed by atoms with Gasteiger partial charge in [-0.25, -0.2) is 9.59 Å². The Balaban J connectivity index is 0.990. The normalized spacial score (nSPS) is 28.6. The van der Waals surface area contributed by atoms with Crippen LogP contribution in [0.25, 0.3) is 32.1 Å². The number of H-pyrrole nitrogens is 1. The molecule has 90 heavy (non-hydrogen) atoms. The van der Waals surface area contributed by atoms with E-state index in [-0.39, 0.29) is 77.9 Å². The molecule has 1 aromatic heterocycles. The number of anilines is 1. The first kappa shape index (κ1) is 66.8. The number of oxime groups is 1. The van der Waals surface area contributed by atoms with Crippen LogP contribution < -0.4 is 18.6 Å². The summed E-state index contributed by atoms with van der Waals surface area (Å²) in [6.45, 7) is 0.775. The number of benzene rings is 4. The summed E-state index contributed by atoms with van der Waals surface area (Å²) in [6, 6.07) is 15.2. The molecular weight excluding hydrogens is 1240 g/mol. The number of aliphatic hydroxyl groups excluding tert-OH is 9. The zero-order chi connectivity index (χ0) is 65.2. The number of carbonyl (C=O) groups is 4. The lowest BCUT2D eigenvalue weighted by molar-refractivity contribution is -0.327. The Morgan fingerprint density at radius 1 is 0.767 bits per heavy atom. The number of methoxy groups -OCH3 is 1. The van der Waals surface area contributed by atoms with Crippen molar-refractivity contribution in [3.63, 3.8) is 0 Å². The predicted octanol–water partition coefficient (Wildman–Crippen LogP) is -0.793. The molecule has 3 saturated heterocycles. The molecule has 35 heteroatoms. The van der Waals surface area contributed by atoms with Crippen LogP contribution in [0, 0.1) is 0 Å². The third-order valence-corrected chi connectivity index (χ3v) is 17.0. The molecule has 4 unspecified atom stereocenters. The van der Waals surface area contributed by atoms with E-state index < -0.39 is 155 Å². The number of hydrogen-bond acceptors (Lipinski definition) is 26. The van der Waals surface area contributed by atoms with Crippen molar-refractivity contribution >= 4 is 78.5 Å². The van der Waals surface area contributed by atoms with Gasteiger partial charge in [0.15, 0.2) is 30.0 Å². The summed E-state index contributed by atoms with van der Waals surface area (Å²) in [5, 5.41) is 122. The minimum Gasteiger partial charge on any atom is -0.497 e. The number of hydrogen-bond donors (Lipinski definition) is 12. The van der Waals surface area contributed by atoms with E-state index in [0.29, 0.717) is 22.0 Å². The number of aliphatic carboxylic acids is 2. The number of aromatic amines is 1. The minimum absolute atomic E-state index is 0.00438. The van der Waals surface area contributed by atoms with Crippen molar-refractivity contribution in [3.8, 4) is 17.2 Å². The summed E-state index contributed by atoms with van der Waals surface area (Å²) >= 11 is 6.62. The molecule has 5 aromatic rings. The standard InChI is InChI=1S/C55H62ClN7O26S/c1-22(60-88-55-46(72)39(65)38(64)35(85-55)21-83-53-44(70)40(66)42(68)47(86-53)51(75)76)23-4-8-30-25(14-23)15-31(59-30)50(74)63-20-26(19-56)37-29-17-27(81-3)6-7-28(29)36(18-32(37)63)90(79,80)89-34-16-24(49(73)62(2)11-13-82-12-10-58-61-57)5-9-33(34)84-54-45(71)41(67)43(69)48(87-54)52(77)78/h4-9,14-18,26,35,38-48,53-55,59,64-72H,10-13,19-21H2,1-3H3,(H,75,76)(H,77,78)/b60-22+/t26-,35-,38+,39?,40+,41+,42+,43+,44-,45-,46-,47?,48+,53?,54?,55+/m1/s1. The lowest BCUT2D eigenvalue weighted by Crippen LogP contribution is -2.62. The number of alkyl halides is 1. The number of rotatable bonds is 23. The molecule has 0 saturated carbocycles. The first-order valence-corrected chi connectivity index (χ1v) is 29.3. The molecule has 0 radical (unpaired) electrons. The third kappa shape index (κ3) is 13.7. The van der Waals surface area contributed by atoms with E-state index in [1.54, 1.807) is 24.3 Å². The van der Waals surface area contributed by atoms with Gasteiger partial charge >= 0.3 is 22.1 Å². The van der Waals surface area contributed by atoms with E-state index in [4.69, 9.17) is 59.3 Å². The highest BCUT2D eigenvalue weighted by Gasteiger charge is 2.51. The number of amides is 2. The highest BCUT2D eigenvalue weighted by atomic mass is 35.5. The quantitative estimate of drug-likeness (QED) is 0.00557. The lowest BCUT2D eigenvalue weighted by atomic mass is 9.95. The highest BCUT2D eigenvalue weighted by Crippen LogP contribution is 2.47. The molecule has 2 amide bonds. The largest absolute Gasteiger partial charge is 0.497 e. The van der Waals surface area contributed by atoms with Crippen molar-refractivity contribution in [3.05, 3.63) is 99.6 Å². The lowest BCUT2D eigenvalue weighted by Gasteiger charge is -2.41. The Labute approximate surface area is 513 Å². The average molecular weight is 1300 g/mol. The molecule has 16 atom stereocenters. The Bertz CT molecular complexity index is 3710. The number of carboxylic acids is 2. The summed E-state index contributed by atoms with van der Waals surface area (Å²) < 4.78 is 74.2. The zero-order valence-electron chi connectivity index (χ0n) is 47.6. The fraction of sp³-hybridized carbons (Fsp3) is 0.473. The molecule has 12 N–H and O–H groups in total. The van der Waals surface area contributed by atoms with Gasteiger partial charge in [0, 0.05) is 70.9 Å². The van der Waals surface area contributed by atoms with Crippen LogP contribution in [0.5, 0.6) is 17.2 Å². The number of likely N-dealkylation sites (N-methyl/N-ethyl adjacent to an activating group) is 1. The smallest absolute Gasteiger partial charge is 0.340 e. The fourth-order valence-electron chi connectivity index (χ4n) is 10.4. The molecule has 3 fully saturated rings. The third-order valence-electron chi connectivity index (χ3n) is 15.4. The second-order valence-electron chi connectivity index (χ2n) is 21.2. The van der Waals surface area contributed by atoms with Gasteiger partial charge in [0.05, 0.1) is 32.6 Å². The summed E-state index contributed by atoms with van der Waals surface area (Å²) in [5.74, 6) is -6.45. The molecule has 5 heterocycles. The Kier molecular flexibility index (Phi) is 20.7. The van der Waals surface area contributed by atoms with Crippen LogP contribution in [0.4, 0.5) is 5.69 Å². The maximum absolute atomic E-state index is 15.1. The Morgan fingerprint density at radius 3 is 2.09 bits per heavy atom. The average Bonchev–Trinajstić information content (AvgIpc) is 1.50. The van der Waals surface area contributed by atoms with Crippen molar-refractivity contribution in [1.29, 1.82) is 0 Å². The van der Waals surface area contributed by atoms with E-state index in [1.807, 2.05) is 0 Å². The Morgan fingerprint density at radius 2 is 1.42 bits per heavy atom. The van der Waals surface area contributed by atoms with Gasteiger partial charge in [0.2, 0.25) is 6.29 Å². The topological polar surface area (TPSA) is 491 Å². The number of nitrogens with one attached hydrogen (secondary N) is 1. The van der Waals surface area contributed by atoms with Gasteiger partial charge in [-0.1, -0.05) is 16.3 Å². The number of carbonyl (C=O) groups excluding carboxylic acids is 2. The molecule has 486 valence electrons. The fourth-order valence-corrected chi connectivity index (χ4v) is 11.8. The van der Waals surface area contributed by atoms with E-state index >= 15 is 8.42 Å². The number of carboxylic acid groups (broad SMARTS) is 2. The van der Waals surface area contributed by atoms with E-state index in [2.05, 4.69) is 20.2 Å². The number of aromatic nitrogens is 1. The van der Waals surface area contributed by atoms with Crippen LogP contribution in [0.1, 0.15) is 44.8 Å². The number of nitrogens with zero attached hydrogens (tertiary/aromatic N) is 6. The highest BCUT2D eigenvalue weighted by molar-refractivity contribution is 7.87. The second kappa shape index (κ2) is 27.9. The van der Waals surface area contributed by atoms with E-state index in [9.17, 15) is 75.3 Å². The summed E-state index contributed by atoms with van der Waals surface area (Å²) in [6.07, 6.45) is -29.3. The van der Waals surface area contributed by atoms with E-state index in [1.165, 1.54) is 61.2 Å². The Hall–Kier alpha value is -7.58. The molecule has 4 aromatic carbocycles. The van der Waals surface area contributed by atoms with Gasteiger partial charge in [0.1, 0.15) is 77.4 Å². The molecule has 4 aliphatic heterocycles. The van der Waals surface area contributed by atoms with Crippen molar-refractivity contribution in [2.75, 3.05) is 64.4 Å². The van der Waals surface area contributed by atoms with Gasteiger partial charge in [-0.15, -0.1) is 11.6 Å². The van der Waals surface area contributed by atoms with Gasteiger partial charge in [0.25, 0.3) is 18.1 Å². The van der Waals surface area contributed by atoms with Crippen LogP contribution in [-0.4, -0.2) is 256 Å². The van der Waals surface area contributed by atoms with E-state index in [0.717, 1.165) is 12.1 Å². The molecule has 33 nitrogen and oxygen atoms in total. The summed E-state index contributed by atoms with van der Waals surface area (Å²) in [4.78, 5) is 65.5. The molecule has 4 aliphatic rings. The van der Waals surface area contributed by atoms with Crippen molar-refractivity contribution in [1.82, 2.24) is 9.88 Å². The van der Waals surface area contributed by atoms with Crippen LogP contribution >= 0.6 is 11.6 Å². The zero-order valence-corrected chi connectivity index (χ0v) is 49.1. The maximum Gasteiger partial charge on any atom is 0.340 e. The number of fused-ring (bicyclic) bond motifs is 4. The number of halogens is 1. The molecular formula is C55H62ClN7O26S. The molecule has 9 rings (SSSR count). The van der Waals surface area contributed by atoms with Crippen LogP contribution in [0.3, 0.4) is 0 Å². The monoisotopic (exact) mass is 1300 g/mol. The predicted molar refractivity (Wildman–Crippen MR) is 305 cm³/mol. The van der Waals surface area contributed by atoms with Crippen molar-refractivity contribution in [2.45, 2.75) is 110 Å². The first-order valence-electron chi connectivity index (χ1n) is 27.4. The van der Waals surface area contributed by atoms with Crippen molar-refractivity contribution in [2.24, 2.45) is 10.3 Å². The summed E-state index contributed by atoms with van der Waals surface area (Å²) in [5.41, 5.74) is 9.90. The van der Waals surface area contributed by atoms with Gasteiger partial charge in [-0.3, -0.25) is 9.59 Å².